The Bertz CT molecular complexity index is 443. The summed E-state index contributed by atoms with van der Waals surface area (Å²) in [5.74, 6) is -1.32. The fourth-order valence-electron chi connectivity index (χ4n) is 2.95. The molecule has 2 rings (SSSR count). The zero-order valence-corrected chi connectivity index (χ0v) is 12.9. The third kappa shape index (κ3) is 4.02. The zero-order valence-electron chi connectivity index (χ0n) is 12.9. The Morgan fingerprint density at radius 3 is 2.50 bits per heavy atom. The first kappa shape index (κ1) is 16.4. The minimum Gasteiger partial charge on any atom is -0.481 e. The molecule has 2 saturated heterocycles. The molecule has 0 bridgehead atoms. The van der Waals surface area contributed by atoms with Gasteiger partial charge in [0.15, 0.2) is 0 Å². The molecule has 8 nitrogen and oxygen atoms in total. The Balaban J connectivity index is 1.80. The van der Waals surface area contributed by atoms with E-state index in [2.05, 4.69) is 10.6 Å². The molecular weight excluding hydrogens is 288 g/mol. The molecule has 2 aliphatic rings. The van der Waals surface area contributed by atoms with Crippen LogP contribution in [0, 0.1) is 5.92 Å². The lowest BCUT2D eigenvalue weighted by Gasteiger charge is -2.31. The van der Waals surface area contributed by atoms with E-state index in [4.69, 9.17) is 5.11 Å². The Kier molecular flexibility index (Phi) is 5.46. The lowest BCUT2D eigenvalue weighted by Crippen LogP contribution is -2.50. The van der Waals surface area contributed by atoms with Gasteiger partial charge in [-0.1, -0.05) is 0 Å². The first-order valence-corrected chi connectivity index (χ1v) is 7.82. The van der Waals surface area contributed by atoms with Gasteiger partial charge in [0.2, 0.25) is 0 Å². The van der Waals surface area contributed by atoms with Gasteiger partial charge in [-0.2, -0.15) is 0 Å². The van der Waals surface area contributed by atoms with Crippen LogP contribution < -0.4 is 10.6 Å². The Morgan fingerprint density at radius 2 is 1.82 bits per heavy atom. The second-order valence-corrected chi connectivity index (χ2v) is 5.84. The fourth-order valence-corrected chi connectivity index (χ4v) is 2.95. The molecule has 2 heterocycles. The van der Waals surface area contributed by atoms with Gasteiger partial charge in [0.25, 0.3) is 0 Å². The Labute approximate surface area is 129 Å². The number of carboxylic acids is 1. The van der Waals surface area contributed by atoms with E-state index in [-0.39, 0.29) is 24.6 Å². The van der Waals surface area contributed by atoms with Crippen molar-refractivity contribution >= 4 is 18.0 Å². The van der Waals surface area contributed by atoms with Crippen molar-refractivity contribution in [3.05, 3.63) is 0 Å². The van der Waals surface area contributed by atoms with Gasteiger partial charge in [0, 0.05) is 38.8 Å². The average molecular weight is 312 g/mol. The van der Waals surface area contributed by atoms with E-state index in [1.807, 2.05) is 6.92 Å². The molecule has 0 aromatic rings. The smallest absolute Gasteiger partial charge is 0.317 e. The van der Waals surface area contributed by atoms with Crippen LogP contribution in [0.1, 0.15) is 26.2 Å². The first-order chi connectivity index (χ1) is 10.5. The van der Waals surface area contributed by atoms with Crippen molar-refractivity contribution in [2.24, 2.45) is 5.92 Å². The molecule has 22 heavy (non-hydrogen) atoms. The van der Waals surface area contributed by atoms with Gasteiger partial charge in [0.1, 0.15) is 0 Å². The van der Waals surface area contributed by atoms with Gasteiger partial charge in [-0.15, -0.1) is 0 Å². The number of likely N-dealkylation sites (tertiary alicyclic amines) is 2. The summed E-state index contributed by atoms with van der Waals surface area (Å²) < 4.78 is 0. The van der Waals surface area contributed by atoms with Crippen LogP contribution >= 0.6 is 0 Å². The Hall–Kier alpha value is -1.99. The predicted octanol–water partition coefficient (Wildman–Crippen LogP) is 0.296. The summed E-state index contributed by atoms with van der Waals surface area (Å²) in [6, 6.07) is -0.405. The number of hydrogen-bond acceptors (Lipinski definition) is 3. The molecule has 0 saturated carbocycles. The van der Waals surface area contributed by atoms with Crippen LogP contribution in [-0.2, 0) is 4.79 Å². The number of amides is 4. The third-order valence-corrected chi connectivity index (χ3v) is 4.19. The summed E-state index contributed by atoms with van der Waals surface area (Å²) in [5, 5.41) is 14.7. The number of rotatable bonds is 3. The van der Waals surface area contributed by atoms with Crippen LogP contribution in [0.3, 0.4) is 0 Å². The average Bonchev–Trinajstić information content (AvgIpc) is 2.96. The molecule has 2 atom stereocenters. The molecule has 124 valence electrons. The van der Waals surface area contributed by atoms with Crippen LogP contribution in [0.4, 0.5) is 9.59 Å². The summed E-state index contributed by atoms with van der Waals surface area (Å²) in [7, 11) is 0. The van der Waals surface area contributed by atoms with Crippen LogP contribution in [0.2, 0.25) is 0 Å². The molecule has 2 fully saturated rings. The van der Waals surface area contributed by atoms with E-state index in [9.17, 15) is 14.4 Å². The summed E-state index contributed by atoms with van der Waals surface area (Å²) in [6.07, 6.45) is 2.05. The number of nitrogens with one attached hydrogen (secondary N) is 2. The maximum Gasteiger partial charge on any atom is 0.317 e. The van der Waals surface area contributed by atoms with Gasteiger partial charge in [-0.25, -0.2) is 9.59 Å². The fraction of sp³-hybridized carbons (Fsp3) is 0.786. The van der Waals surface area contributed by atoms with Crippen molar-refractivity contribution in [3.63, 3.8) is 0 Å². The lowest BCUT2D eigenvalue weighted by atomic mass is 9.99. The van der Waals surface area contributed by atoms with E-state index < -0.39 is 11.9 Å². The quantitative estimate of drug-likeness (QED) is 0.697. The number of urea groups is 2. The standard InChI is InChI=1S/C14H24N4O4/c1-2-15-13(21)18-7-5-11(9-18)16-14(22)17-6-3-4-10(8-17)12(19)20/h10-11H,2-9H2,1H3,(H,15,21)(H,16,22)(H,19,20). The highest BCUT2D eigenvalue weighted by Gasteiger charge is 2.31. The number of carboxylic acid groups (broad SMARTS) is 1. The molecule has 2 unspecified atom stereocenters. The van der Waals surface area contributed by atoms with Crippen LogP contribution in [0.25, 0.3) is 0 Å². The third-order valence-electron chi connectivity index (χ3n) is 4.19. The first-order valence-electron chi connectivity index (χ1n) is 7.82. The van der Waals surface area contributed by atoms with Gasteiger partial charge in [0.05, 0.1) is 5.92 Å². The van der Waals surface area contributed by atoms with Crippen LogP contribution in [-0.4, -0.2) is 71.7 Å². The summed E-state index contributed by atoms with van der Waals surface area (Å²) in [4.78, 5) is 38.2. The predicted molar refractivity (Wildman–Crippen MR) is 79.5 cm³/mol. The molecule has 3 N–H and O–H groups in total. The highest BCUT2D eigenvalue weighted by molar-refractivity contribution is 5.77. The van der Waals surface area contributed by atoms with E-state index >= 15 is 0 Å². The van der Waals surface area contributed by atoms with Gasteiger partial charge in [-0.3, -0.25) is 4.79 Å². The molecule has 0 spiro atoms. The summed E-state index contributed by atoms with van der Waals surface area (Å²) in [6.45, 7) is 4.40. The van der Waals surface area contributed by atoms with Gasteiger partial charge in [-0.05, 0) is 26.2 Å². The van der Waals surface area contributed by atoms with E-state index in [1.165, 1.54) is 0 Å². The maximum absolute atomic E-state index is 12.2. The molecule has 8 heteroatoms. The van der Waals surface area contributed by atoms with E-state index in [0.29, 0.717) is 39.0 Å². The summed E-state index contributed by atoms with van der Waals surface area (Å²) in [5.41, 5.74) is 0. The SMILES string of the molecule is CCNC(=O)N1CCC(NC(=O)N2CCCC(C(=O)O)C2)C1. The van der Waals surface area contributed by atoms with Crippen molar-refractivity contribution in [1.29, 1.82) is 0 Å². The second kappa shape index (κ2) is 7.33. The van der Waals surface area contributed by atoms with E-state index in [1.54, 1.807) is 9.80 Å². The minimum atomic E-state index is -0.847. The molecule has 2 aliphatic heterocycles. The molecular formula is C14H24N4O4. The van der Waals surface area contributed by atoms with E-state index in [0.717, 1.165) is 6.42 Å². The van der Waals surface area contributed by atoms with Crippen molar-refractivity contribution in [2.75, 3.05) is 32.7 Å². The normalized spacial score (nSPS) is 25.0. The number of hydrogen-bond donors (Lipinski definition) is 3. The second-order valence-electron chi connectivity index (χ2n) is 5.84. The van der Waals surface area contributed by atoms with Crippen molar-refractivity contribution in [1.82, 2.24) is 20.4 Å². The molecule has 0 aliphatic carbocycles. The molecule has 0 radical (unpaired) electrons. The van der Waals surface area contributed by atoms with Gasteiger partial charge >= 0.3 is 18.0 Å². The number of nitrogens with zero attached hydrogens (tertiary/aromatic N) is 2. The van der Waals surface area contributed by atoms with Crippen LogP contribution in [0.15, 0.2) is 0 Å². The summed E-state index contributed by atoms with van der Waals surface area (Å²) >= 11 is 0. The maximum atomic E-state index is 12.2. The lowest BCUT2D eigenvalue weighted by molar-refractivity contribution is -0.143. The zero-order chi connectivity index (χ0) is 16.1. The minimum absolute atomic E-state index is 0.0692. The largest absolute Gasteiger partial charge is 0.481 e. The topological polar surface area (TPSA) is 102 Å². The highest BCUT2D eigenvalue weighted by atomic mass is 16.4. The molecule has 4 amide bonds. The van der Waals surface area contributed by atoms with Crippen molar-refractivity contribution in [2.45, 2.75) is 32.2 Å². The number of aliphatic carboxylic acids is 1. The van der Waals surface area contributed by atoms with Crippen molar-refractivity contribution < 1.29 is 19.5 Å². The van der Waals surface area contributed by atoms with Crippen molar-refractivity contribution in [3.8, 4) is 0 Å². The van der Waals surface area contributed by atoms with Crippen LogP contribution in [0.5, 0.6) is 0 Å². The monoisotopic (exact) mass is 312 g/mol. The number of carbonyl (C=O) groups is 3. The molecule has 0 aromatic heterocycles. The molecule has 0 aromatic carbocycles. The highest BCUT2D eigenvalue weighted by Crippen LogP contribution is 2.17. The number of piperidine rings is 1. The Morgan fingerprint density at radius 1 is 1.09 bits per heavy atom. The number of carbonyl (C=O) groups excluding carboxylic acids is 2. The van der Waals surface area contributed by atoms with Gasteiger partial charge < -0.3 is 25.5 Å².